The molecule has 10 nitrogen and oxygen atoms in total. The van der Waals surface area contributed by atoms with E-state index in [2.05, 4.69) is 21.6 Å². The van der Waals surface area contributed by atoms with Crippen LogP contribution in [-0.4, -0.2) is 58.7 Å². The van der Waals surface area contributed by atoms with E-state index in [9.17, 15) is 9.59 Å². The zero-order chi connectivity index (χ0) is 32.6. The molecular formula is C35H41N5O5S. The first-order chi connectivity index (χ1) is 22.4. The Hall–Kier alpha value is -4.51. The fourth-order valence-corrected chi connectivity index (χ4v) is 6.35. The first-order valence-corrected chi connectivity index (χ1v) is 16.7. The van der Waals surface area contributed by atoms with Gasteiger partial charge in [-0.3, -0.25) is 14.2 Å². The van der Waals surface area contributed by atoms with Gasteiger partial charge in [-0.25, -0.2) is 0 Å². The van der Waals surface area contributed by atoms with Crippen molar-refractivity contribution in [2.24, 2.45) is 0 Å². The van der Waals surface area contributed by atoms with Gasteiger partial charge in [0.25, 0.3) is 5.91 Å². The van der Waals surface area contributed by atoms with Crippen LogP contribution >= 0.6 is 11.8 Å². The Labute approximate surface area is 274 Å². The number of nitrogens with one attached hydrogen (secondary N) is 1. The molecule has 1 aliphatic heterocycles. The molecule has 46 heavy (non-hydrogen) atoms. The van der Waals surface area contributed by atoms with E-state index in [0.717, 1.165) is 35.3 Å². The first-order valence-electron chi connectivity index (χ1n) is 15.7. The Morgan fingerprint density at radius 3 is 2.30 bits per heavy atom. The van der Waals surface area contributed by atoms with E-state index >= 15 is 0 Å². The molecule has 5 rings (SSSR count). The summed E-state index contributed by atoms with van der Waals surface area (Å²) in [5, 5.41) is 12.5. The van der Waals surface area contributed by atoms with Gasteiger partial charge in [0.2, 0.25) is 11.7 Å². The maximum absolute atomic E-state index is 13.5. The summed E-state index contributed by atoms with van der Waals surface area (Å²) >= 11 is 1.34. The minimum absolute atomic E-state index is 0.0215. The van der Waals surface area contributed by atoms with Gasteiger partial charge in [-0.05, 0) is 88.4 Å². The quantitative estimate of drug-likeness (QED) is 0.175. The van der Waals surface area contributed by atoms with Gasteiger partial charge < -0.3 is 24.4 Å². The lowest BCUT2D eigenvalue weighted by Crippen LogP contribution is -2.36. The second-order valence-corrected chi connectivity index (χ2v) is 11.7. The molecule has 0 bridgehead atoms. The predicted molar refractivity (Wildman–Crippen MR) is 180 cm³/mol. The molecule has 11 heteroatoms. The van der Waals surface area contributed by atoms with Crippen molar-refractivity contribution < 1.29 is 23.8 Å². The van der Waals surface area contributed by atoms with Crippen LogP contribution in [0, 0.1) is 13.8 Å². The molecule has 0 aliphatic carbocycles. The van der Waals surface area contributed by atoms with Crippen molar-refractivity contribution in [3.8, 4) is 22.9 Å². The van der Waals surface area contributed by atoms with Crippen LogP contribution in [0.4, 0.5) is 5.69 Å². The zero-order valence-corrected chi connectivity index (χ0v) is 27.9. The molecule has 4 aromatic rings. The van der Waals surface area contributed by atoms with Gasteiger partial charge in [-0.2, -0.15) is 0 Å². The molecule has 242 valence electrons. The summed E-state index contributed by atoms with van der Waals surface area (Å²) < 4.78 is 19.3. The fraction of sp³-hybridized carbons (Fsp3) is 0.371. The number of para-hydroxylation sites is 1. The number of rotatable bonds is 13. The standard InChI is InChI=1S/C35H41N5O5S/c1-6-43-29-19-26(20-30(44-7-2)33(29)45-8-3)34(42)36-21-31-37-38-35(40(31)27-17-11-13-23(4)24(27)5)46-22-32(41)39-18-12-15-25-14-9-10-16-28(25)39/h9-11,13-14,16-17,19-20H,6-8,12,15,18,21-22H2,1-5H3,(H,36,42). The third-order valence-electron chi connectivity index (χ3n) is 7.83. The molecule has 1 aliphatic rings. The number of ether oxygens (including phenoxy) is 3. The van der Waals surface area contributed by atoms with E-state index in [-0.39, 0.29) is 24.1 Å². The molecule has 0 saturated heterocycles. The number of anilines is 1. The van der Waals surface area contributed by atoms with E-state index in [4.69, 9.17) is 14.2 Å². The molecule has 0 spiro atoms. The minimum atomic E-state index is -0.325. The molecular weight excluding hydrogens is 602 g/mol. The third-order valence-corrected chi connectivity index (χ3v) is 8.75. The lowest BCUT2D eigenvalue weighted by molar-refractivity contribution is -0.116. The highest BCUT2D eigenvalue weighted by Crippen LogP contribution is 2.39. The largest absolute Gasteiger partial charge is 0.490 e. The van der Waals surface area contributed by atoms with Gasteiger partial charge in [-0.15, -0.1) is 10.2 Å². The molecule has 3 aromatic carbocycles. The summed E-state index contributed by atoms with van der Waals surface area (Å²) in [6.07, 6.45) is 1.90. The highest BCUT2D eigenvalue weighted by Gasteiger charge is 2.25. The summed E-state index contributed by atoms with van der Waals surface area (Å²) in [4.78, 5) is 28.8. The summed E-state index contributed by atoms with van der Waals surface area (Å²) in [5.41, 5.74) is 5.61. The molecule has 1 N–H and O–H groups in total. The van der Waals surface area contributed by atoms with Crippen molar-refractivity contribution in [1.29, 1.82) is 0 Å². The minimum Gasteiger partial charge on any atom is -0.490 e. The highest BCUT2D eigenvalue weighted by atomic mass is 32.2. The normalized spacial score (nSPS) is 12.4. The molecule has 0 saturated carbocycles. The smallest absolute Gasteiger partial charge is 0.251 e. The van der Waals surface area contributed by atoms with Crippen LogP contribution in [0.15, 0.2) is 59.8 Å². The predicted octanol–water partition coefficient (Wildman–Crippen LogP) is 6.08. The molecule has 0 radical (unpaired) electrons. The van der Waals surface area contributed by atoms with Crippen LogP contribution in [0.1, 0.15) is 60.1 Å². The van der Waals surface area contributed by atoms with Crippen LogP contribution in [0.2, 0.25) is 0 Å². The molecule has 0 unspecified atom stereocenters. The summed E-state index contributed by atoms with van der Waals surface area (Å²) in [7, 11) is 0. The van der Waals surface area contributed by atoms with Crippen LogP contribution in [-0.2, 0) is 17.8 Å². The Morgan fingerprint density at radius 1 is 0.891 bits per heavy atom. The molecule has 0 fully saturated rings. The molecule has 2 heterocycles. The molecule has 1 aromatic heterocycles. The number of thioether (sulfide) groups is 1. The Bertz CT molecular complexity index is 1680. The van der Waals surface area contributed by atoms with Crippen molar-refractivity contribution in [1.82, 2.24) is 20.1 Å². The second-order valence-electron chi connectivity index (χ2n) is 10.8. The van der Waals surface area contributed by atoms with Gasteiger partial charge >= 0.3 is 0 Å². The summed E-state index contributed by atoms with van der Waals surface area (Å²) in [6, 6.07) is 17.4. The van der Waals surface area contributed by atoms with E-state index < -0.39 is 0 Å². The molecule has 0 atom stereocenters. The van der Waals surface area contributed by atoms with Gasteiger partial charge in [-0.1, -0.05) is 42.1 Å². The second kappa shape index (κ2) is 15.2. The molecule has 2 amide bonds. The number of carbonyl (C=O) groups is 2. The number of nitrogens with zero attached hydrogens (tertiary/aromatic N) is 4. The average molecular weight is 644 g/mol. The maximum atomic E-state index is 13.5. The summed E-state index contributed by atoms with van der Waals surface area (Å²) in [6.45, 7) is 11.8. The van der Waals surface area contributed by atoms with Gasteiger partial charge in [0, 0.05) is 17.8 Å². The van der Waals surface area contributed by atoms with Crippen molar-refractivity contribution in [3.05, 3.63) is 82.7 Å². The lowest BCUT2D eigenvalue weighted by atomic mass is 10.0. The Morgan fingerprint density at radius 2 is 1.59 bits per heavy atom. The van der Waals surface area contributed by atoms with E-state index in [0.29, 0.717) is 60.2 Å². The van der Waals surface area contributed by atoms with Crippen molar-refractivity contribution in [2.45, 2.75) is 59.2 Å². The Kier molecular flexibility index (Phi) is 10.8. The maximum Gasteiger partial charge on any atom is 0.251 e. The van der Waals surface area contributed by atoms with Gasteiger partial charge in [0.05, 0.1) is 37.8 Å². The number of carbonyl (C=O) groups excluding carboxylic acids is 2. The van der Waals surface area contributed by atoms with Crippen LogP contribution in [0.3, 0.4) is 0 Å². The number of amides is 2. The van der Waals surface area contributed by atoms with Crippen LogP contribution in [0.25, 0.3) is 5.69 Å². The van der Waals surface area contributed by atoms with Gasteiger partial charge in [0.15, 0.2) is 22.5 Å². The van der Waals surface area contributed by atoms with Crippen molar-refractivity contribution >= 4 is 29.3 Å². The number of hydrogen-bond donors (Lipinski definition) is 1. The summed E-state index contributed by atoms with van der Waals surface area (Å²) in [5.74, 6) is 1.80. The highest BCUT2D eigenvalue weighted by molar-refractivity contribution is 7.99. The van der Waals surface area contributed by atoms with Crippen LogP contribution in [0.5, 0.6) is 17.2 Å². The number of hydrogen-bond acceptors (Lipinski definition) is 8. The van der Waals surface area contributed by atoms with Gasteiger partial charge in [0.1, 0.15) is 0 Å². The number of benzene rings is 3. The fourth-order valence-electron chi connectivity index (χ4n) is 5.51. The van der Waals surface area contributed by atoms with E-state index in [1.165, 1.54) is 17.3 Å². The lowest BCUT2D eigenvalue weighted by Gasteiger charge is -2.29. The monoisotopic (exact) mass is 643 g/mol. The number of aromatic nitrogens is 3. The van der Waals surface area contributed by atoms with E-state index in [1.807, 2.05) is 80.5 Å². The van der Waals surface area contributed by atoms with Crippen LogP contribution < -0.4 is 24.4 Å². The Balaban J connectivity index is 1.40. The van der Waals surface area contributed by atoms with Crippen molar-refractivity contribution in [2.75, 3.05) is 37.0 Å². The SMILES string of the molecule is CCOc1cc(C(=O)NCc2nnc(SCC(=O)N3CCCc4ccccc43)n2-c2cccc(C)c2C)cc(OCC)c1OCC. The zero-order valence-electron chi connectivity index (χ0n) is 27.1. The first kappa shape index (κ1) is 32.9. The topological polar surface area (TPSA) is 108 Å². The third kappa shape index (κ3) is 7.14. The van der Waals surface area contributed by atoms with Crippen molar-refractivity contribution in [3.63, 3.8) is 0 Å². The van der Waals surface area contributed by atoms with E-state index in [1.54, 1.807) is 12.1 Å². The number of aryl methyl sites for hydroxylation is 2. The average Bonchev–Trinajstić information content (AvgIpc) is 3.47. The number of fused-ring (bicyclic) bond motifs is 1.